The van der Waals surface area contributed by atoms with E-state index < -0.39 is 0 Å². The Labute approximate surface area is 123 Å². The monoisotopic (exact) mass is 324 g/mol. The van der Waals surface area contributed by atoms with Gasteiger partial charge < -0.3 is 10.6 Å². The van der Waals surface area contributed by atoms with E-state index in [9.17, 15) is 4.79 Å². The van der Waals surface area contributed by atoms with E-state index in [-0.39, 0.29) is 24.0 Å². The molecule has 0 aromatic heterocycles. The molecule has 3 nitrogen and oxygen atoms in total. The van der Waals surface area contributed by atoms with Crippen LogP contribution in [0.1, 0.15) is 44.7 Å². The average molecular weight is 325 g/mol. The van der Waals surface area contributed by atoms with E-state index in [4.69, 9.17) is 5.73 Å². The maximum absolute atomic E-state index is 12.4. The number of carbonyl (C=O) groups excluding carboxylic acids is 1. The van der Waals surface area contributed by atoms with Crippen molar-refractivity contribution in [2.45, 2.75) is 51.2 Å². The summed E-state index contributed by atoms with van der Waals surface area (Å²) in [6.45, 7) is 4.11. The quantitative estimate of drug-likeness (QED) is 0.907. The van der Waals surface area contributed by atoms with Crippen LogP contribution in [0.2, 0.25) is 0 Å². The molecule has 2 unspecified atom stereocenters. The Morgan fingerprint density at radius 1 is 1.37 bits per heavy atom. The number of carbonyl (C=O) groups is 1. The van der Waals surface area contributed by atoms with Gasteiger partial charge in [0.05, 0.1) is 6.04 Å². The molecule has 2 rings (SSSR count). The number of hydrogen-bond acceptors (Lipinski definition) is 2. The van der Waals surface area contributed by atoms with Crippen LogP contribution in [0.5, 0.6) is 0 Å². The Morgan fingerprint density at radius 2 is 2.05 bits per heavy atom. The fourth-order valence-corrected chi connectivity index (χ4v) is 3.36. The summed E-state index contributed by atoms with van der Waals surface area (Å²) in [6.07, 6.45) is 2.37. The molecule has 1 amide bonds. The summed E-state index contributed by atoms with van der Waals surface area (Å²) in [5.74, 6) is 0.212. The molecule has 0 saturated carbocycles. The summed E-state index contributed by atoms with van der Waals surface area (Å²) in [4.78, 5) is 14.3. The Bertz CT molecular complexity index is 461. The SMILES string of the molecule is CC(C)N1C(=O)CCCC(N)C1c1ccccc1Br. The van der Waals surface area contributed by atoms with Gasteiger partial charge in [-0.15, -0.1) is 0 Å². The van der Waals surface area contributed by atoms with Crippen molar-refractivity contribution in [2.75, 3.05) is 0 Å². The van der Waals surface area contributed by atoms with Gasteiger partial charge in [0.1, 0.15) is 0 Å². The van der Waals surface area contributed by atoms with Gasteiger partial charge in [0, 0.05) is 23.0 Å². The highest BCUT2D eigenvalue weighted by atomic mass is 79.9. The van der Waals surface area contributed by atoms with Crippen LogP contribution in [0.3, 0.4) is 0 Å². The van der Waals surface area contributed by atoms with Gasteiger partial charge in [-0.2, -0.15) is 0 Å². The Kier molecular flexibility index (Phi) is 4.63. The molecule has 1 aliphatic rings. The molecule has 1 aromatic rings. The first kappa shape index (κ1) is 14.5. The van der Waals surface area contributed by atoms with Gasteiger partial charge in [-0.05, 0) is 38.3 Å². The predicted octanol–water partition coefficient (Wildman–Crippen LogP) is 3.24. The lowest BCUT2D eigenvalue weighted by Gasteiger charge is -2.37. The zero-order chi connectivity index (χ0) is 14.0. The van der Waals surface area contributed by atoms with Crippen molar-refractivity contribution < 1.29 is 4.79 Å². The largest absolute Gasteiger partial charge is 0.332 e. The number of halogens is 1. The van der Waals surface area contributed by atoms with Crippen molar-refractivity contribution in [3.05, 3.63) is 34.3 Å². The van der Waals surface area contributed by atoms with E-state index in [1.54, 1.807) is 0 Å². The maximum atomic E-state index is 12.4. The minimum Gasteiger partial charge on any atom is -0.332 e. The van der Waals surface area contributed by atoms with Crippen LogP contribution >= 0.6 is 15.9 Å². The molecule has 2 atom stereocenters. The summed E-state index contributed by atoms with van der Waals surface area (Å²) in [5.41, 5.74) is 7.47. The maximum Gasteiger partial charge on any atom is 0.223 e. The number of amides is 1. The van der Waals surface area contributed by atoms with Gasteiger partial charge in [0.2, 0.25) is 5.91 Å². The van der Waals surface area contributed by atoms with Crippen LogP contribution in [-0.4, -0.2) is 22.9 Å². The zero-order valence-corrected chi connectivity index (χ0v) is 13.1. The van der Waals surface area contributed by atoms with Crippen molar-refractivity contribution in [1.29, 1.82) is 0 Å². The fourth-order valence-electron chi connectivity index (χ4n) is 2.84. The molecule has 1 saturated heterocycles. The zero-order valence-electron chi connectivity index (χ0n) is 11.5. The standard InChI is InChI=1S/C15H21BrN2O/c1-10(2)18-14(19)9-5-8-13(17)15(18)11-6-3-4-7-12(11)16/h3-4,6-7,10,13,15H,5,8-9,17H2,1-2H3. The molecule has 4 heteroatoms. The summed E-state index contributed by atoms with van der Waals surface area (Å²) in [6, 6.07) is 8.17. The summed E-state index contributed by atoms with van der Waals surface area (Å²) in [5, 5.41) is 0. The number of hydrogen-bond donors (Lipinski definition) is 1. The Morgan fingerprint density at radius 3 is 2.68 bits per heavy atom. The molecule has 1 fully saturated rings. The van der Waals surface area contributed by atoms with E-state index in [1.165, 1.54) is 0 Å². The van der Waals surface area contributed by atoms with Crippen LogP contribution in [0.15, 0.2) is 28.7 Å². The van der Waals surface area contributed by atoms with E-state index in [1.807, 2.05) is 23.1 Å². The number of rotatable bonds is 2. The highest BCUT2D eigenvalue weighted by Gasteiger charge is 2.35. The fraction of sp³-hybridized carbons (Fsp3) is 0.533. The van der Waals surface area contributed by atoms with Gasteiger partial charge in [-0.25, -0.2) is 0 Å². The van der Waals surface area contributed by atoms with Gasteiger partial charge in [0.25, 0.3) is 0 Å². The second-order valence-corrected chi connectivity index (χ2v) is 6.27. The van der Waals surface area contributed by atoms with Gasteiger partial charge in [-0.1, -0.05) is 34.1 Å². The third-order valence-electron chi connectivity index (χ3n) is 3.70. The van der Waals surface area contributed by atoms with Crippen LogP contribution < -0.4 is 5.73 Å². The van der Waals surface area contributed by atoms with Crippen LogP contribution in [0.25, 0.3) is 0 Å². The molecule has 1 heterocycles. The van der Waals surface area contributed by atoms with Crippen LogP contribution in [0, 0.1) is 0 Å². The van der Waals surface area contributed by atoms with Crippen molar-refractivity contribution in [1.82, 2.24) is 4.90 Å². The summed E-state index contributed by atoms with van der Waals surface area (Å²) in [7, 11) is 0. The molecule has 104 valence electrons. The Balaban J connectivity index is 2.47. The van der Waals surface area contributed by atoms with E-state index >= 15 is 0 Å². The van der Waals surface area contributed by atoms with Crippen molar-refractivity contribution >= 4 is 21.8 Å². The average Bonchev–Trinajstić information content (AvgIpc) is 2.49. The lowest BCUT2D eigenvalue weighted by molar-refractivity contribution is -0.135. The number of benzene rings is 1. The Hall–Kier alpha value is -0.870. The van der Waals surface area contributed by atoms with E-state index in [0.717, 1.165) is 22.9 Å². The second-order valence-electron chi connectivity index (χ2n) is 5.42. The first-order valence-corrected chi connectivity index (χ1v) is 7.63. The molecule has 2 N–H and O–H groups in total. The normalized spacial score (nSPS) is 24.7. The molecule has 0 aliphatic carbocycles. The molecule has 19 heavy (non-hydrogen) atoms. The summed E-state index contributed by atoms with van der Waals surface area (Å²) < 4.78 is 1.02. The number of nitrogens with two attached hydrogens (primary N) is 1. The van der Waals surface area contributed by atoms with Gasteiger partial charge in [-0.3, -0.25) is 4.79 Å². The predicted molar refractivity (Wildman–Crippen MR) is 80.7 cm³/mol. The molecular formula is C15H21BrN2O. The minimum atomic E-state index is -0.0365. The van der Waals surface area contributed by atoms with Crippen molar-refractivity contribution in [3.8, 4) is 0 Å². The summed E-state index contributed by atoms with van der Waals surface area (Å²) >= 11 is 3.59. The highest BCUT2D eigenvalue weighted by Crippen LogP contribution is 2.35. The van der Waals surface area contributed by atoms with Crippen molar-refractivity contribution in [3.63, 3.8) is 0 Å². The third-order valence-corrected chi connectivity index (χ3v) is 4.42. The molecule has 1 aromatic carbocycles. The highest BCUT2D eigenvalue weighted by molar-refractivity contribution is 9.10. The lowest BCUT2D eigenvalue weighted by Crippen LogP contribution is -2.45. The minimum absolute atomic E-state index is 0.00690. The smallest absolute Gasteiger partial charge is 0.223 e. The molecule has 0 radical (unpaired) electrons. The molecular weight excluding hydrogens is 304 g/mol. The first-order valence-electron chi connectivity index (χ1n) is 6.83. The topological polar surface area (TPSA) is 46.3 Å². The van der Waals surface area contributed by atoms with Crippen molar-refractivity contribution in [2.24, 2.45) is 5.73 Å². The lowest BCUT2D eigenvalue weighted by atomic mass is 9.95. The van der Waals surface area contributed by atoms with Crippen LogP contribution in [-0.2, 0) is 4.79 Å². The first-order chi connectivity index (χ1) is 9.02. The molecule has 1 aliphatic heterocycles. The number of nitrogens with zero attached hydrogens (tertiary/aromatic N) is 1. The van der Waals surface area contributed by atoms with Gasteiger partial charge in [0.15, 0.2) is 0 Å². The molecule has 0 spiro atoms. The third kappa shape index (κ3) is 3.00. The number of likely N-dealkylation sites (tertiary alicyclic amines) is 1. The van der Waals surface area contributed by atoms with E-state index in [0.29, 0.717) is 6.42 Å². The molecule has 0 bridgehead atoms. The van der Waals surface area contributed by atoms with Gasteiger partial charge >= 0.3 is 0 Å². The second kappa shape index (κ2) is 6.06. The van der Waals surface area contributed by atoms with E-state index in [2.05, 4.69) is 35.8 Å². The van der Waals surface area contributed by atoms with Crippen LogP contribution in [0.4, 0.5) is 0 Å².